The lowest BCUT2D eigenvalue weighted by Gasteiger charge is -2.11. The standard InChI is InChI=1S/C8H2Cl2F4O2/c9-4-1-3(7(11)15)2-5(6(4)10)16-8(12,13)14/h1-2H. The average molecular weight is 277 g/mol. The lowest BCUT2D eigenvalue weighted by atomic mass is 10.2. The summed E-state index contributed by atoms with van der Waals surface area (Å²) < 4.78 is 51.4. The minimum Gasteiger partial charge on any atom is -0.404 e. The molecule has 0 spiro atoms. The Bertz CT molecular complexity index is 431. The zero-order valence-corrected chi connectivity index (χ0v) is 8.75. The van der Waals surface area contributed by atoms with Crippen molar-refractivity contribution in [1.29, 1.82) is 0 Å². The molecule has 0 unspecified atom stereocenters. The Labute approximate surface area is 96.7 Å². The van der Waals surface area contributed by atoms with Crippen LogP contribution in [0.2, 0.25) is 10.0 Å². The summed E-state index contributed by atoms with van der Waals surface area (Å²) in [5.41, 5.74) is -0.673. The van der Waals surface area contributed by atoms with Gasteiger partial charge in [0.15, 0.2) is 0 Å². The first-order valence-corrected chi connectivity index (χ1v) is 4.41. The molecule has 0 fully saturated rings. The molecule has 1 aromatic rings. The molecule has 0 radical (unpaired) electrons. The van der Waals surface area contributed by atoms with Crippen molar-refractivity contribution in [2.24, 2.45) is 0 Å². The second-order valence-corrected chi connectivity index (χ2v) is 3.38. The topological polar surface area (TPSA) is 26.3 Å². The molecule has 16 heavy (non-hydrogen) atoms. The van der Waals surface area contributed by atoms with E-state index in [9.17, 15) is 22.4 Å². The Morgan fingerprint density at radius 1 is 1.25 bits per heavy atom. The Kier molecular flexibility index (Phi) is 3.64. The molecule has 0 atom stereocenters. The lowest BCUT2D eigenvalue weighted by Crippen LogP contribution is -2.17. The first kappa shape index (κ1) is 13.1. The van der Waals surface area contributed by atoms with Gasteiger partial charge in [0.2, 0.25) is 0 Å². The number of carbonyl (C=O) groups is 1. The second kappa shape index (κ2) is 4.47. The highest BCUT2D eigenvalue weighted by Gasteiger charge is 2.33. The van der Waals surface area contributed by atoms with Crippen molar-refractivity contribution in [3.05, 3.63) is 27.7 Å². The summed E-state index contributed by atoms with van der Waals surface area (Å²) >= 11 is 10.8. The molecule has 0 heterocycles. The molecule has 0 bridgehead atoms. The SMILES string of the molecule is O=C(F)c1cc(Cl)c(Cl)c(OC(F)(F)F)c1. The normalized spacial score (nSPS) is 11.4. The molecule has 88 valence electrons. The maximum atomic E-state index is 12.3. The summed E-state index contributed by atoms with van der Waals surface area (Å²) in [4.78, 5) is 10.3. The predicted octanol–water partition coefficient (Wildman–Crippen LogP) is 4.00. The smallest absolute Gasteiger partial charge is 0.404 e. The summed E-state index contributed by atoms with van der Waals surface area (Å²) in [5.74, 6) is -0.928. The number of benzene rings is 1. The maximum absolute atomic E-state index is 12.3. The average Bonchev–Trinajstić information content (AvgIpc) is 2.10. The fourth-order valence-electron chi connectivity index (χ4n) is 0.876. The highest BCUT2D eigenvalue weighted by molar-refractivity contribution is 6.43. The van der Waals surface area contributed by atoms with Gasteiger partial charge in [-0.3, -0.25) is 4.79 Å². The van der Waals surface area contributed by atoms with Gasteiger partial charge in [0, 0.05) is 0 Å². The van der Waals surface area contributed by atoms with Crippen molar-refractivity contribution >= 4 is 29.2 Å². The van der Waals surface area contributed by atoms with Crippen LogP contribution in [-0.4, -0.2) is 12.4 Å². The maximum Gasteiger partial charge on any atom is 0.573 e. The highest BCUT2D eigenvalue weighted by Crippen LogP contribution is 2.36. The second-order valence-electron chi connectivity index (χ2n) is 2.59. The van der Waals surface area contributed by atoms with Crippen LogP contribution in [0.25, 0.3) is 0 Å². The van der Waals surface area contributed by atoms with Crippen LogP contribution in [0.5, 0.6) is 5.75 Å². The minimum absolute atomic E-state index is 0.413. The molecule has 0 saturated carbocycles. The van der Waals surface area contributed by atoms with E-state index in [1.807, 2.05) is 0 Å². The van der Waals surface area contributed by atoms with Crippen LogP contribution in [0.3, 0.4) is 0 Å². The van der Waals surface area contributed by atoms with E-state index in [-0.39, 0.29) is 0 Å². The third kappa shape index (κ3) is 3.24. The number of hydrogen-bond acceptors (Lipinski definition) is 2. The van der Waals surface area contributed by atoms with Crippen molar-refractivity contribution in [3.63, 3.8) is 0 Å². The fourth-order valence-corrected chi connectivity index (χ4v) is 1.23. The van der Waals surface area contributed by atoms with E-state index in [2.05, 4.69) is 4.74 Å². The number of hydrogen-bond donors (Lipinski definition) is 0. The van der Waals surface area contributed by atoms with Gasteiger partial charge in [-0.25, -0.2) is 0 Å². The van der Waals surface area contributed by atoms with E-state index in [0.29, 0.717) is 6.07 Å². The Morgan fingerprint density at radius 2 is 1.81 bits per heavy atom. The van der Waals surface area contributed by atoms with Crippen LogP contribution in [-0.2, 0) is 0 Å². The molecule has 1 aromatic carbocycles. The number of carbonyl (C=O) groups excluding carboxylic acids is 1. The Hall–Kier alpha value is -1.01. The van der Waals surface area contributed by atoms with Crippen LogP contribution in [0.4, 0.5) is 17.6 Å². The molecule has 2 nitrogen and oxygen atoms in total. The molecule has 0 aliphatic carbocycles. The van der Waals surface area contributed by atoms with Gasteiger partial charge in [0.25, 0.3) is 0 Å². The predicted molar refractivity (Wildman–Crippen MR) is 48.6 cm³/mol. The van der Waals surface area contributed by atoms with Crippen LogP contribution in [0.1, 0.15) is 10.4 Å². The highest BCUT2D eigenvalue weighted by atomic mass is 35.5. The van der Waals surface area contributed by atoms with Gasteiger partial charge in [-0.15, -0.1) is 13.2 Å². The summed E-state index contributed by atoms with van der Waals surface area (Å²) in [6.07, 6.45) is -5.01. The van der Waals surface area contributed by atoms with E-state index >= 15 is 0 Å². The Morgan fingerprint density at radius 3 is 2.25 bits per heavy atom. The van der Waals surface area contributed by atoms with Gasteiger partial charge in [-0.05, 0) is 12.1 Å². The Balaban J connectivity index is 3.22. The van der Waals surface area contributed by atoms with Crippen LogP contribution < -0.4 is 4.74 Å². The first-order valence-electron chi connectivity index (χ1n) is 3.65. The zero-order valence-electron chi connectivity index (χ0n) is 7.24. The fraction of sp³-hybridized carbons (Fsp3) is 0.125. The third-order valence-electron chi connectivity index (χ3n) is 1.45. The summed E-state index contributed by atoms with van der Waals surface area (Å²) in [7, 11) is 0. The van der Waals surface area contributed by atoms with Gasteiger partial charge in [-0.1, -0.05) is 23.2 Å². The summed E-state index contributed by atoms with van der Waals surface area (Å²) in [6, 6.07) is -0.620. The van der Waals surface area contributed by atoms with Crippen molar-refractivity contribution in [2.75, 3.05) is 0 Å². The van der Waals surface area contributed by atoms with E-state index in [4.69, 9.17) is 23.2 Å². The van der Waals surface area contributed by atoms with Gasteiger partial charge >= 0.3 is 12.4 Å². The van der Waals surface area contributed by atoms with Gasteiger partial charge in [0.05, 0.1) is 10.6 Å². The summed E-state index contributed by atoms with van der Waals surface area (Å²) in [5, 5.41) is -0.964. The third-order valence-corrected chi connectivity index (χ3v) is 2.23. The van der Waals surface area contributed by atoms with Crippen LogP contribution in [0.15, 0.2) is 12.1 Å². The van der Waals surface area contributed by atoms with E-state index in [1.54, 1.807) is 0 Å². The molecule has 0 saturated heterocycles. The monoisotopic (exact) mass is 276 g/mol. The number of ether oxygens (including phenoxy) is 1. The largest absolute Gasteiger partial charge is 0.573 e. The van der Waals surface area contributed by atoms with E-state index < -0.39 is 33.8 Å². The zero-order chi connectivity index (χ0) is 12.5. The van der Waals surface area contributed by atoms with Gasteiger partial charge < -0.3 is 4.74 Å². The first-order chi connectivity index (χ1) is 7.20. The quantitative estimate of drug-likeness (QED) is 0.603. The van der Waals surface area contributed by atoms with Gasteiger partial charge in [-0.2, -0.15) is 4.39 Å². The number of rotatable bonds is 2. The molecule has 0 N–H and O–H groups in total. The molecule has 0 aliphatic rings. The molecule has 1 rings (SSSR count). The molecule has 8 heteroatoms. The van der Waals surface area contributed by atoms with Crippen LogP contribution in [0, 0.1) is 0 Å². The van der Waals surface area contributed by atoms with Crippen molar-refractivity contribution in [2.45, 2.75) is 6.36 Å². The minimum atomic E-state index is -5.01. The molecule has 0 amide bonds. The molecular weight excluding hydrogens is 275 g/mol. The van der Waals surface area contributed by atoms with Crippen LogP contribution >= 0.6 is 23.2 Å². The molecule has 0 aliphatic heterocycles. The van der Waals surface area contributed by atoms with Crippen molar-refractivity contribution < 1.29 is 27.1 Å². The van der Waals surface area contributed by atoms with Crippen molar-refractivity contribution in [3.8, 4) is 5.75 Å². The lowest BCUT2D eigenvalue weighted by molar-refractivity contribution is -0.274. The van der Waals surface area contributed by atoms with E-state index in [1.165, 1.54) is 0 Å². The summed E-state index contributed by atoms with van der Waals surface area (Å²) in [6.45, 7) is 0. The number of halogens is 6. The number of alkyl halides is 3. The van der Waals surface area contributed by atoms with Crippen molar-refractivity contribution in [1.82, 2.24) is 0 Å². The van der Waals surface area contributed by atoms with E-state index in [0.717, 1.165) is 6.07 Å². The molecule has 0 aromatic heterocycles. The van der Waals surface area contributed by atoms with Gasteiger partial charge in [0.1, 0.15) is 10.8 Å². The molecular formula is C8H2Cl2F4O2.